The van der Waals surface area contributed by atoms with Gasteiger partial charge in [0.05, 0.1) is 0 Å². The molecule has 0 fully saturated rings. The Bertz CT molecular complexity index is 360. The zero-order valence-corrected chi connectivity index (χ0v) is 8.64. The number of aromatic nitrogens is 1. The number of hydrogen-bond donors (Lipinski definition) is 2. The monoisotopic (exact) mass is 207 g/mol. The normalized spacial score (nSPS) is 10.9. The number of hydrogen-bond acceptors (Lipinski definition) is 2. The molecule has 3 N–H and O–H groups in total. The van der Waals surface area contributed by atoms with Gasteiger partial charge in [-0.3, -0.25) is 4.98 Å². The van der Waals surface area contributed by atoms with E-state index in [-0.39, 0.29) is 5.96 Å². The van der Waals surface area contributed by atoms with Crippen LogP contribution < -0.4 is 11.1 Å². The van der Waals surface area contributed by atoms with Crippen molar-refractivity contribution in [1.29, 1.82) is 0 Å². The number of carbonyl (C=O) groups excluding carboxylic acids is 1. The van der Waals surface area contributed by atoms with Crippen LogP contribution >= 0.6 is 0 Å². The lowest BCUT2D eigenvalue weighted by Gasteiger charge is -2.09. The predicted octanol–water partition coefficient (Wildman–Crippen LogP) is 0.490. The summed E-state index contributed by atoms with van der Waals surface area (Å²) < 4.78 is 0. The van der Waals surface area contributed by atoms with Crippen LogP contribution in [-0.2, 0) is 0 Å². The number of nitrogens with one attached hydrogen (secondary N) is 1. The van der Waals surface area contributed by atoms with Gasteiger partial charge in [-0.15, -0.1) is 0 Å². The van der Waals surface area contributed by atoms with Crippen molar-refractivity contribution in [3.63, 3.8) is 0 Å². The molecule has 6 heteroatoms. The Morgan fingerprint density at radius 3 is 2.60 bits per heavy atom. The molecule has 0 aliphatic rings. The van der Waals surface area contributed by atoms with E-state index in [0.29, 0.717) is 5.69 Å². The minimum Gasteiger partial charge on any atom is -0.369 e. The molecule has 1 heterocycles. The van der Waals surface area contributed by atoms with Crippen LogP contribution in [0.2, 0.25) is 0 Å². The molecule has 0 spiro atoms. The van der Waals surface area contributed by atoms with E-state index in [4.69, 9.17) is 5.73 Å². The minimum absolute atomic E-state index is 0.154. The van der Waals surface area contributed by atoms with Crippen LogP contribution in [0.3, 0.4) is 0 Å². The molecule has 80 valence electrons. The van der Waals surface area contributed by atoms with Crippen molar-refractivity contribution < 1.29 is 4.79 Å². The maximum absolute atomic E-state index is 11.3. The van der Waals surface area contributed by atoms with Gasteiger partial charge in [0.2, 0.25) is 0 Å². The first-order valence-corrected chi connectivity index (χ1v) is 4.32. The van der Waals surface area contributed by atoms with E-state index in [9.17, 15) is 4.79 Å². The maximum atomic E-state index is 11.3. The third-order valence-electron chi connectivity index (χ3n) is 1.61. The quantitative estimate of drug-likeness (QED) is 0.518. The summed E-state index contributed by atoms with van der Waals surface area (Å²) in [6.45, 7) is 0. The first-order valence-electron chi connectivity index (χ1n) is 4.32. The molecule has 0 saturated heterocycles. The molecule has 2 amide bonds. The second-order valence-corrected chi connectivity index (χ2v) is 3.03. The summed E-state index contributed by atoms with van der Waals surface area (Å²) >= 11 is 0. The third-order valence-corrected chi connectivity index (χ3v) is 1.61. The van der Waals surface area contributed by atoms with E-state index in [1.54, 1.807) is 43.5 Å². The van der Waals surface area contributed by atoms with Crippen LogP contribution in [0.25, 0.3) is 0 Å². The Morgan fingerprint density at radius 1 is 1.47 bits per heavy atom. The fourth-order valence-corrected chi connectivity index (χ4v) is 0.791. The fourth-order valence-electron chi connectivity index (χ4n) is 0.791. The first-order chi connectivity index (χ1) is 7.09. The number of pyridine rings is 1. The number of rotatable bonds is 1. The van der Waals surface area contributed by atoms with Gasteiger partial charge < -0.3 is 16.0 Å². The van der Waals surface area contributed by atoms with Gasteiger partial charge in [-0.25, -0.2) is 4.79 Å². The molecule has 1 aromatic rings. The van der Waals surface area contributed by atoms with Crippen molar-refractivity contribution in [2.45, 2.75) is 0 Å². The maximum Gasteiger partial charge on any atom is 0.348 e. The molecular formula is C9H13N5O. The van der Waals surface area contributed by atoms with E-state index in [0.717, 1.165) is 0 Å². The molecule has 0 aromatic carbocycles. The van der Waals surface area contributed by atoms with Crippen molar-refractivity contribution in [2.75, 3.05) is 19.4 Å². The second-order valence-electron chi connectivity index (χ2n) is 3.03. The number of urea groups is 1. The van der Waals surface area contributed by atoms with Gasteiger partial charge in [0, 0.05) is 32.2 Å². The van der Waals surface area contributed by atoms with Crippen LogP contribution in [0, 0.1) is 0 Å². The summed E-state index contributed by atoms with van der Waals surface area (Å²) in [5, 5.41) is 2.55. The summed E-state index contributed by atoms with van der Waals surface area (Å²) in [4.78, 5) is 20.3. The highest BCUT2D eigenvalue weighted by Gasteiger charge is 2.01. The summed E-state index contributed by atoms with van der Waals surface area (Å²) in [6.07, 6.45) is 3.16. The molecule has 1 aromatic heterocycles. The second kappa shape index (κ2) is 4.94. The molecule has 0 aliphatic heterocycles. The number of amides is 2. The van der Waals surface area contributed by atoms with Gasteiger partial charge in [-0.1, -0.05) is 0 Å². The highest BCUT2D eigenvalue weighted by atomic mass is 16.2. The summed E-state index contributed by atoms with van der Waals surface area (Å²) in [5.41, 5.74) is 6.10. The third kappa shape index (κ3) is 3.63. The number of nitrogens with zero attached hydrogens (tertiary/aromatic N) is 3. The molecule has 0 atom stereocenters. The molecule has 0 aliphatic carbocycles. The lowest BCUT2D eigenvalue weighted by atomic mass is 10.4. The lowest BCUT2D eigenvalue weighted by Crippen LogP contribution is -2.31. The van der Waals surface area contributed by atoms with Crippen LogP contribution in [0.5, 0.6) is 0 Å². The van der Waals surface area contributed by atoms with Crippen molar-refractivity contribution in [2.24, 2.45) is 10.7 Å². The topological polar surface area (TPSA) is 83.6 Å². The molecule has 6 nitrogen and oxygen atoms in total. The highest BCUT2D eigenvalue weighted by molar-refractivity contribution is 5.98. The van der Waals surface area contributed by atoms with Crippen LogP contribution in [0.1, 0.15) is 0 Å². The van der Waals surface area contributed by atoms with Crippen molar-refractivity contribution in [1.82, 2.24) is 9.88 Å². The van der Waals surface area contributed by atoms with Crippen LogP contribution in [0.4, 0.5) is 10.5 Å². The SMILES string of the molecule is CN(C)/C(N)=N/C(=O)Nc1ccncc1. The van der Waals surface area contributed by atoms with Gasteiger partial charge in [-0.2, -0.15) is 4.99 Å². The Kier molecular flexibility index (Phi) is 3.61. The Balaban J connectivity index is 2.61. The van der Waals surface area contributed by atoms with Crippen LogP contribution in [-0.4, -0.2) is 36.0 Å². The largest absolute Gasteiger partial charge is 0.369 e. The van der Waals surface area contributed by atoms with Gasteiger partial charge in [0.25, 0.3) is 0 Å². The van der Waals surface area contributed by atoms with Crippen molar-refractivity contribution >= 4 is 17.7 Å². The molecular weight excluding hydrogens is 194 g/mol. The van der Waals surface area contributed by atoms with E-state index in [1.165, 1.54) is 0 Å². The average Bonchev–Trinajstić information content (AvgIpc) is 2.18. The van der Waals surface area contributed by atoms with E-state index in [1.807, 2.05) is 0 Å². The summed E-state index contributed by atoms with van der Waals surface area (Å²) in [6, 6.07) is 2.82. The average molecular weight is 207 g/mol. The van der Waals surface area contributed by atoms with Crippen molar-refractivity contribution in [3.8, 4) is 0 Å². The van der Waals surface area contributed by atoms with E-state index >= 15 is 0 Å². The summed E-state index contributed by atoms with van der Waals surface area (Å²) in [7, 11) is 3.41. The van der Waals surface area contributed by atoms with Gasteiger partial charge in [0.1, 0.15) is 0 Å². The molecule has 0 unspecified atom stereocenters. The number of carbonyl (C=O) groups is 1. The molecule has 0 radical (unpaired) electrons. The van der Waals surface area contributed by atoms with Gasteiger partial charge in [0.15, 0.2) is 5.96 Å². The zero-order valence-electron chi connectivity index (χ0n) is 8.64. The number of aliphatic imine (C=N–C) groups is 1. The number of guanidine groups is 1. The Hall–Kier alpha value is -2.11. The van der Waals surface area contributed by atoms with Gasteiger partial charge in [-0.05, 0) is 12.1 Å². The highest BCUT2D eigenvalue weighted by Crippen LogP contribution is 2.03. The van der Waals surface area contributed by atoms with Crippen LogP contribution in [0.15, 0.2) is 29.5 Å². The van der Waals surface area contributed by atoms with E-state index < -0.39 is 6.03 Å². The zero-order chi connectivity index (χ0) is 11.3. The lowest BCUT2D eigenvalue weighted by molar-refractivity contribution is 0.259. The summed E-state index contributed by atoms with van der Waals surface area (Å²) in [5.74, 6) is 0.154. The molecule has 15 heavy (non-hydrogen) atoms. The Morgan fingerprint density at radius 2 is 2.07 bits per heavy atom. The molecule has 0 bridgehead atoms. The van der Waals surface area contributed by atoms with Gasteiger partial charge >= 0.3 is 6.03 Å². The molecule has 0 saturated carbocycles. The smallest absolute Gasteiger partial charge is 0.348 e. The number of anilines is 1. The van der Waals surface area contributed by atoms with Crippen molar-refractivity contribution in [3.05, 3.63) is 24.5 Å². The first kappa shape index (κ1) is 11.0. The standard InChI is InChI=1S/C9H13N5O/c1-14(2)8(10)13-9(15)12-7-3-5-11-6-4-7/h3-6H,1-2H3,(H3,10,11,12,13,15). The fraction of sp³-hybridized carbons (Fsp3) is 0.222. The Labute approximate surface area is 87.8 Å². The predicted molar refractivity (Wildman–Crippen MR) is 58.6 cm³/mol. The molecule has 1 rings (SSSR count). The van der Waals surface area contributed by atoms with E-state index in [2.05, 4.69) is 15.3 Å². The minimum atomic E-state index is -0.507. The number of nitrogens with two attached hydrogens (primary N) is 1.